The summed E-state index contributed by atoms with van der Waals surface area (Å²) in [6.07, 6.45) is 3.06. The summed E-state index contributed by atoms with van der Waals surface area (Å²) in [5.74, 6) is 2.30. The van der Waals surface area contributed by atoms with Gasteiger partial charge >= 0.3 is 5.97 Å². The lowest BCUT2D eigenvalue weighted by atomic mass is 10.1. The number of aryl methyl sites for hydroxylation is 1. The number of carbonyl (C=O) groups excluding carboxylic acids is 1. The number of benzene rings is 3. The van der Waals surface area contributed by atoms with Gasteiger partial charge in [-0.15, -0.1) is 0 Å². The molecule has 0 spiro atoms. The van der Waals surface area contributed by atoms with E-state index in [1.165, 1.54) is 12.8 Å². The van der Waals surface area contributed by atoms with Crippen molar-refractivity contribution in [3.05, 3.63) is 101 Å². The molecule has 0 radical (unpaired) electrons. The Kier molecular flexibility index (Phi) is 9.36. The van der Waals surface area contributed by atoms with Gasteiger partial charge in [0.1, 0.15) is 19.0 Å². The first-order valence-electron chi connectivity index (χ1n) is 14.5. The molecule has 0 saturated carbocycles. The quantitative estimate of drug-likeness (QED) is 0.183. The maximum atomic E-state index is 12.0. The molecule has 0 saturated heterocycles. The Bertz CT molecular complexity index is 1450. The highest BCUT2D eigenvalue weighted by atomic mass is 16.6. The largest absolute Gasteiger partial charge is 0.486 e. The number of aromatic nitrogens is 2. The van der Waals surface area contributed by atoms with Crippen LogP contribution in [0.15, 0.2) is 72.8 Å². The topological polar surface area (TPSA) is 65.8 Å². The molecule has 1 aliphatic rings. The van der Waals surface area contributed by atoms with Crippen LogP contribution in [0.1, 0.15) is 59.6 Å². The van der Waals surface area contributed by atoms with E-state index in [1.807, 2.05) is 36.4 Å². The number of carbonyl (C=O) groups is 1. The minimum Gasteiger partial charge on any atom is -0.486 e. The summed E-state index contributed by atoms with van der Waals surface area (Å²) < 4.78 is 18.9. The number of esters is 1. The van der Waals surface area contributed by atoms with Crippen LogP contribution in [0.3, 0.4) is 0 Å². The van der Waals surface area contributed by atoms with Gasteiger partial charge in [0.25, 0.3) is 0 Å². The molecule has 1 aliphatic heterocycles. The van der Waals surface area contributed by atoms with E-state index in [0.29, 0.717) is 25.3 Å². The highest BCUT2D eigenvalue weighted by Crippen LogP contribution is 2.32. The van der Waals surface area contributed by atoms with Crippen LogP contribution in [-0.4, -0.2) is 40.7 Å². The molecule has 1 aromatic heterocycles. The average molecular weight is 554 g/mol. The molecule has 5 rings (SSSR count). The minimum absolute atomic E-state index is 0.328. The van der Waals surface area contributed by atoms with Gasteiger partial charge in [0.05, 0.1) is 24.1 Å². The third-order valence-electron chi connectivity index (χ3n) is 7.42. The van der Waals surface area contributed by atoms with Gasteiger partial charge in [-0.1, -0.05) is 68.8 Å². The lowest BCUT2D eigenvalue weighted by molar-refractivity contribution is 0.0600. The third kappa shape index (κ3) is 6.80. The number of hydrogen-bond acceptors (Lipinski definition) is 6. The fraction of sp³-hybridized carbons (Fsp3) is 0.353. The molecule has 0 aliphatic carbocycles. The van der Waals surface area contributed by atoms with E-state index in [9.17, 15) is 4.79 Å². The number of rotatable bonds is 12. The van der Waals surface area contributed by atoms with Crippen molar-refractivity contribution in [3.8, 4) is 22.9 Å². The van der Waals surface area contributed by atoms with Crippen LogP contribution in [0, 0.1) is 0 Å². The maximum absolute atomic E-state index is 12.0. The Morgan fingerprint density at radius 3 is 2.32 bits per heavy atom. The molecule has 0 unspecified atom stereocenters. The molecule has 2 heterocycles. The zero-order chi connectivity index (χ0) is 28.6. The van der Waals surface area contributed by atoms with Crippen molar-refractivity contribution in [2.75, 3.05) is 20.3 Å². The molecule has 214 valence electrons. The molecule has 0 fully saturated rings. The summed E-state index contributed by atoms with van der Waals surface area (Å²) in [6.45, 7) is 8.63. The van der Waals surface area contributed by atoms with Gasteiger partial charge in [-0.05, 0) is 48.2 Å². The molecular weight excluding hydrogens is 514 g/mol. The summed E-state index contributed by atoms with van der Waals surface area (Å²) in [7, 11) is 1.40. The minimum atomic E-state index is -0.328. The Morgan fingerprint density at radius 1 is 0.902 bits per heavy atom. The first-order valence-corrected chi connectivity index (χ1v) is 14.5. The van der Waals surface area contributed by atoms with Crippen LogP contribution in [0.4, 0.5) is 0 Å². The number of imidazole rings is 1. The van der Waals surface area contributed by atoms with Crippen LogP contribution in [0.2, 0.25) is 0 Å². The Morgan fingerprint density at radius 2 is 1.61 bits per heavy atom. The number of unbranched alkanes of at least 4 members (excludes halogenated alkanes) is 1. The van der Waals surface area contributed by atoms with Gasteiger partial charge in [0.2, 0.25) is 0 Å². The second-order valence-electron chi connectivity index (χ2n) is 10.4. The average Bonchev–Trinajstić information content (AvgIpc) is 3.37. The van der Waals surface area contributed by atoms with E-state index in [2.05, 4.69) is 59.7 Å². The van der Waals surface area contributed by atoms with Crippen molar-refractivity contribution in [1.29, 1.82) is 0 Å². The van der Waals surface area contributed by atoms with Gasteiger partial charge < -0.3 is 18.8 Å². The van der Waals surface area contributed by atoms with Gasteiger partial charge in [-0.25, -0.2) is 9.78 Å². The number of nitrogens with zero attached hydrogens (tertiary/aromatic N) is 3. The van der Waals surface area contributed by atoms with Crippen molar-refractivity contribution in [1.82, 2.24) is 14.5 Å². The third-order valence-corrected chi connectivity index (χ3v) is 7.42. The highest BCUT2D eigenvalue weighted by molar-refractivity contribution is 5.89. The zero-order valence-electron chi connectivity index (χ0n) is 24.3. The molecule has 7 heteroatoms. The van der Waals surface area contributed by atoms with Crippen molar-refractivity contribution in [2.45, 2.75) is 59.3 Å². The van der Waals surface area contributed by atoms with E-state index in [1.54, 1.807) is 0 Å². The summed E-state index contributed by atoms with van der Waals surface area (Å²) in [5, 5.41) is 0. The zero-order valence-corrected chi connectivity index (χ0v) is 24.3. The SMILES string of the molecule is CCCCn1c(-c2ccccc2)nc(CC)c1CN(Cc1ccc(C(=O)OC)cc1)Cc1ccc2c(c1)OCCO2. The number of methoxy groups -OCH3 is 1. The predicted molar refractivity (Wildman–Crippen MR) is 160 cm³/mol. The Hall–Kier alpha value is -4.10. The lowest BCUT2D eigenvalue weighted by Crippen LogP contribution is -2.25. The van der Waals surface area contributed by atoms with E-state index in [0.717, 1.165) is 78.6 Å². The number of fused-ring (bicyclic) bond motifs is 1. The first-order chi connectivity index (χ1) is 20.1. The van der Waals surface area contributed by atoms with Crippen LogP contribution in [0.5, 0.6) is 11.5 Å². The molecule has 4 aromatic rings. The highest BCUT2D eigenvalue weighted by Gasteiger charge is 2.21. The van der Waals surface area contributed by atoms with Crippen molar-refractivity contribution < 1.29 is 19.0 Å². The number of ether oxygens (including phenoxy) is 3. The van der Waals surface area contributed by atoms with Gasteiger partial charge in [0.15, 0.2) is 11.5 Å². The van der Waals surface area contributed by atoms with Crippen LogP contribution >= 0.6 is 0 Å². The monoisotopic (exact) mass is 553 g/mol. The Balaban J connectivity index is 1.50. The summed E-state index contributed by atoms with van der Waals surface area (Å²) in [4.78, 5) is 19.6. The van der Waals surface area contributed by atoms with Crippen molar-refractivity contribution in [3.63, 3.8) is 0 Å². The second kappa shape index (κ2) is 13.5. The van der Waals surface area contributed by atoms with E-state index in [-0.39, 0.29) is 5.97 Å². The normalized spacial score (nSPS) is 12.5. The van der Waals surface area contributed by atoms with Gasteiger partial charge in [-0.3, -0.25) is 4.90 Å². The molecule has 7 nitrogen and oxygen atoms in total. The van der Waals surface area contributed by atoms with Crippen LogP contribution in [0.25, 0.3) is 11.4 Å². The van der Waals surface area contributed by atoms with Crippen molar-refractivity contribution in [2.24, 2.45) is 0 Å². The summed E-state index contributed by atoms with van der Waals surface area (Å²) in [5.41, 5.74) is 6.35. The smallest absolute Gasteiger partial charge is 0.337 e. The summed E-state index contributed by atoms with van der Waals surface area (Å²) in [6, 6.07) is 24.4. The van der Waals surface area contributed by atoms with Gasteiger partial charge in [0, 0.05) is 31.7 Å². The fourth-order valence-corrected chi connectivity index (χ4v) is 5.31. The van der Waals surface area contributed by atoms with E-state index >= 15 is 0 Å². The molecule has 41 heavy (non-hydrogen) atoms. The van der Waals surface area contributed by atoms with Gasteiger partial charge in [-0.2, -0.15) is 0 Å². The van der Waals surface area contributed by atoms with Crippen LogP contribution in [-0.2, 0) is 37.3 Å². The molecule has 3 aromatic carbocycles. The fourth-order valence-electron chi connectivity index (χ4n) is 5.31. The van der Waals surface area contributed by atoms with E-state index in [4.69, 9.17) is 19.2 Å². The molecule has 0 bridgehead atoms. The predicted octanol–water partition coefficient (Wildman–Crippen LogP) is 6.67. The Labute approximate surface area is 242 Å². The standard InChI is InChI=1S/C34H39N3O4/c1-4-6-18-37-30(29(5-2)35-33(37)27-10-8-7-9-11-27)24-36(22-25-12-15-28(16-13-25)34(38)39-3)23-26-14-17-31-32(21-26)41-20-19-40-31/h7-17,21H,4-6,18-20,22-24H2,1-3H3. The van der Waals surface area contributed by atoms with Crippen LogP contribution < -0.4 is 9.47 Å². The molecule has 0 amide bonds. The van der Waals surface area contributed by atoms with Crippen molar-refractivity contribution >= 4 is 5.97 Å². The first kappa shape index (κ1) is 28.4. The van der Waals surface area contributed by atoms with E-state index < -0.39 is 0 Å². The maximum Gasteiger partial charge on any atom is 0.337 e. The molecule has 0 atom stereocenters. The second-order valence-corrected chi connectivity index (χ2v) is 10.4. The molecule has 0 N–H and O–H groups in total. The summed E-state index contributed by atoms with van der Waals surface area (Å²) >= 11 is 0. The lowest BCUT2D eigenvalue weighted by Gasteiger charge is -2.25. The molecular formula is C34H39N3O4. The number of hydrogen-bond donors (Lipinski definition) is 0.